The number of hydrogen-bond acceptors (Lipinski definition) is 2. The van der Waals surface area contributed by atoms with Crippen LogP contribution in [0.2, 0.25) is 0 Å². The molecule has 0 aliphatic heterocycles. The number of para-hydroxylation sites is 1. The first-order valence-electron chi connectivity index (χ1n) is 4.85. The third-order valence-corrected chi connectivity index (χ3v) is 1.85. The largest absolute Gasteiger partial charge is 0.490 e. The maximum Gasteiger partial charge on any atom is 0.122 e. The number of allylic oxidation sites excluding steroid dienone is 1. The molecule has 80 valence electrons. The van der Waals surface area contributed by atoms with E-state index in [4.69, 9.17) is 9.47 Å². The highest BCUT2D eigenvalue weighted by molar-refractivity contribution is 5.20. The fraction of sp³-hybridized carbons (Fsp3) is 0.231. The average Bonchev–Trinajstić information content (AvgIpc) is 2.25. The van der Waals surface area contributed by atoms with Gasteiger partial charge in [0.25, 0.3) is 0 Å². The van der Waals surface area contributed by atoms with Crippen molar-refractivity contribution in [1.29, 1.82) is 0 Å². The van der Waals surface area contributed by atoms with Gasteiger partial charge in [-0.1, -0.05) is 31.4 Å². The lowest BCUT2D eigenvalue weighted by molar-refractivity contribution is 0.162. The summed E-state index contributed by atoms with van der Waals surface area (Å²) in [4.78, 5) is 0. The van der Waals surface area contributed by atoms with E-state index in [1.807, 2.05) is 37.3 Å². The summed E-state index contributed by atoms with van der Waals surface area (Å²) in [6.07, 6.45) is 0. The Morgan fingerprint density at radius 2 is 1.80 bits per heavy atom. The molecule has 0 fully saturated rings. The Bertz CT molecular complexity index is 328. The van der Waals surface area contributed by atoms with Gasteiger partial charge in [0.1, 0.15) is 24.7 Å². The Hall–Kier alpha value is -1.70. The van der Waals surface area contributed by atoms with E-state index in [1.54, 1.807) is 0 Å². The highest BCUT2D eigenvalue weighted by Gasteiger charge is 1.95. The highest BCUT2D eigenvalue weighted by Crippen LogP contribution is 2.09. The number of rotatable bonds is 6. The number of hydrogen-bond donors (Lipinski definition) is 0. The summed E-state index contributed by atoms with van der Waals surface area (Å²) in [6, 6.07) is 9.64. The SMILES string of the molecule is C=C(C)C(=C)OCCOc1ccccc1. The van der Waals surface area contributed by atoms with Gasteiger partial charge in [0.15, 0.2) is 0 Å². The zero-order valence-electron chi connectivity index (χ0n) is 9.03. The first kappa shape index (κ1) is 11.4. The quantitative estimate of drug-likeness (QED) is 0.402. The van der Waals surface area contributed by atoms with E-state index in [2.05, 4.69) is 13.2 Å². The van der Waals surface area contributed by atoms with Gasteiger partial charge in [-0.15, -0.1) is 0 Å². The summed E-state index contributed by atoms with van der Waals surface area (Å²) in [6.45, 7) is 10.3. The van der Waals surface area contributed by atoms with E-state index in [-0.39, 0.29) is 0 Å². The van der Waals surface area contributed by atoms with Gasteiger partial charge in [-0.25, -0.2) is 0 Å². The third kappa shape index (κ3) is 4.36. The molecule has 0 bridgehead atoms. The van der Waals surface area contributed by atoms with Gasteiger partial charge in [-0.2, -0.15) is 0 Å². The van der Waals surface area contributed by atoms with Crippen molar-refractivity contribution in [3.8, 4) is 5.75 Å². The third-order valence-electron chi connectivity index (χ3n) is 1.85. The zero-order chi connectivity index (χ0) is 11.1. The lowest BCUT2D eigenvalue weighted by Crippen LogP contribution is -2.06. The van der Waals surface area contributed by atoms with Gasteiger partial charge < -0.3 is 9.47 Å². The molecule has 2 nitrogen and oxygen atoms in total. The maximum atomic E-state index is 5.44. The molecule has 0 aliphatic rings. The van der Waals surface area contributed by atoms with Gasteiger partial charge in [-0.3, -0.25) is 0 Å². The van der Waals surface area contributed by atoms with Gasteiger partial charge >= 0.3 is 0 Å². The van der Waals surface area contributed by atoms with Gasteiger partial charge in [0.2, 0.25) is 0 Å². The monoisotopic (exact) mass is 204 g/mol. The standard InChI is InChI=1S/C13H16O2/c1-11(2)12(3)14-9-10-15-13-7-5-4-6-8-13/h4-8H,1,3,9-10H2,2H3. The lowest BCUT2D eigenvalue weighted by Gasteiger charge is -2.09. The van der Waals surface area contributed by atoms with Crippen LogP contribution < -0.4 is 4.74 Å². The van der Waals surface area contributed by atoms with Crippen molar-refractivity contribution in [1.82, 2.24) is 0 Å². The predicted molar refractivity (Wildman–Crippen MR) is 61.8 cm³/mol. The van der Waals surface area contributed by atoms with E-state index in [0.717, 1.165) is 11.3 Å². The second kappa shape index (κ2) is 5.91. The van der Waals surface area contributed by atoms with Crippen LogP contribution in [0.5, 0.6) is 5.75 Å². The molecule has 0 aromatic heterocycles. The molecule has 0 radical (unpaired) electrons. The normalized spacial score (nSPS) is 9.40. The molecule has 15 heavy (non-hydrogen) atoms. The molecule has 1 rings (SSSR count). The summed E-state index contributed by atoms with van der Waals surface area (Å²) in [5, 5.41) is 0. The molecule has 2 heteroatoms. The minimum atomic E-state index is 0.487. The zero-order valence-corrected chi connectivity index (χ0v) is 9.03. The topological polar surface area (TPSA) is 18.5 Å². The van der Waals surface area contributed by atoms with Crippen molar-refractivity contribution in [2.75, 3.05) is 13.2 Å². The molecule has 0 spiro atoms. The fourth-order valence-electron chi connectivity index (χ4n) is 0.964. The van der Waals surface area contributed by atoms with E-state index < -0.39 is 0 Å². The van der Waals surface area contributed by atoms with Crippen LogP contribution in [-0.2, 0) is 4.74 Å². The number of benzene rings is 1. The second-order valence-corrected chi connectivity index (χ2v) is 3.21. The Morgan fingerprint density at radius 3 is 2.40 bits per heavy atom. The van der Waals surface area contributed by atoms with Crippen LogP contribution in [0.25, 0.3) is 0 Å². The van der Waals surface area contributed by atoms with Crippen molar-refractivity contribution < 1.29 is 9.47 Å². The smallest absolute Gasteiger partial charge is 0.122 e. The molecule has 0 atom stereocenters. The van der Waals surface area contributed by atoms with Crippen LogP contribution in [0.4, 0.5) is 0 Å². The molecule has 0 aliphatic carbocycles. The molecular weight excluding hydrogens is 188 g/mol. The summed E-state index contributed by atoms with van der Waals surface area (Å²) in [5.41, 5.74) is 0.842. The number of ether oxygens (including phenoxy) is 2. The molecular formula is C13H16O2. The summed E-state index contributed by atoms with van der Waals surface area (Å²) >= 11 is 0. The molecule has 0 N–H and O–H groups in total. The van der Waals surface area contributed by atoms with Crippen molar-refractivity contribution in [2.45, 2.75) is 6.92 Å². The summed E-state index contributed by atoms with van der Waals surface area (Å²) in [5.74, 6) is 1.47. The fourth-order valence-corrected chi connectivity index (χ4v) is 0.964. The maximum absolute atomic E-state index is 5.44. The average molecular weight is 204 g/mol. The van der Waals surface area contributed by atoms with Crippen LogP contribution in [0, 0.1) is 0 Å². The molecule has 0 heterocycles. The van der Waals surface area contributed by atoms with Crippen molar-refractivity contribution in [3.05, 3.63) is 54.8 Å². The van der Waals surface area contributed by atoms with Crippen molar-refractivity contribution in [2.24, 2.45) is 0 Å². The van der Waals surface area contributed by atoms with Crippen LogP contribution in [-0.4, -0.2) is 13.2 Å². The Labute approximate surface area is 90.8 Å². The summed E-state index contributed by atoms with van der Waals surface area (Å²) < 4.78 is 10.7. The van der Waals surface area contributed by atoms with E-state index in [9.17, 15) is 0 Å². The molecule has 1 aromatic rings. The predicted octanol–water partition coefficient (Wildman–Crippen LogP) is 3.17. The highest BCUT2D eigenvalue weighted by atomic mass is 16.5. The van der Waals surface area contributed by atoms with Crippen LogP contribution >= 0.6 is 0 Å². The van der Waals surface area contributed by atoms with Crippen molar-refractivity contribution in [3.63, 3.8) is 0 Å². The Balaban J connectivity index is 2.18. The Kier molecular flexibility index (Phi) is 4.48. The van der Waals surface area contributed by atoms with E-state index in [0.29, 0.717) is 19.0 Å². The lowest BCUT2D eigenvalue weighted by atomic mass is 10.3. The molecule has 0 saturated heterocycles. The minimum absolute atomic E-state index is 0.487. The van der Waals surface area contributed by atoms with Gasteiger partial charge in [0, 0.05) is 0 Å². The minimum Gasteiger partial charge on any atom is -0.490 e. The Morgan fingerprint density at radius 1 is 1.13 bits per heavy atom. The molecule has 0 amide bonds. The molecule has 1 aromatic carbocycles. The van der Waals surface area contributed by atoms with Crippen LogP contribution in [0.15, 0.2) is 54.8 Å². The van der Waals surface area contributed by atoms with Crippen molar-refractivity contribution >= 4 is 0 Å². The van der Waals surface area contributed by atoms with E-state index in [1.165, 1.54) is 0 Å². The van der Waals surface area contributed by atoms with Gasteiger partial charge in [0.05, 0.1) is 0 Å². The van der Waals surface area contributed by atoms with Crippen LogP contribution in [0.3, 0.4) is 0 Å². The van der Waals surface area contributed by atoms with E-state index >= 15 is 0 Å². The summed E-state index contributed by atoms with van der Waals surface area (Å²) in [7, 11) is 0. The van der Waals surface area contributed by atoms with Gasteiger partial charge in [-0.05, 0) is 24.6 Å². The molecule has 0 unspecified atom stereocenters. The first-order chi connectivity index (χ1) is 7.20. The first-order valence-corrected chi connectivity index (χ1v) is 4.85. The molecule has 0 saturated carbocycles. The van der Waals surface area contributed by atoms with Crippen LogP contribution in [0.1, 0.15) is 6.92 Å². The second-order valence-electron chi connectivity index (χ2n) is 3.21.